The molecule has 3 aliphatic rings. The number of thioether (sulfide) groups is 1. The Bertz CT molecular complexity index is 825. The normalized spacial score (nSPS) is 33.9. The van der Waals surface area contributed by atoms with Gasteiger partial charge in [0.2, 0.25) is 11.8 Å². The summed E-state index contributed by atoms with van der Waals surface area (Å²) in [5.41, 5.74) is 0.999. The number of carbonyl (C=O) groups is 2. The fraction of sp³-hybridized carbons (Fsp3) is 0.773. The fourth-order valence-corrected chi connectivity index (χ4v) is 7.26. The summed E-state index contributed by atoms with van der Waals surface area (Å²) in [7, 11) is 0. The van der Waals surface area contributed by atoms with Crippen molar-refractivity contribution in [1.29, 1.82) is 0 Å². The summed E-state index contributed by atoms with van der Waals surface area (Å²) in [4.78, 5) is 30.6. The third-order valence-corrected chi connectivity index (χ3v) is 8.96. The summed E-state index contributed by atoms with van der Waals surface area (Å²) in [6, 6.07) is 0.344. The van der Waals surface area contributed by atoms with Gasteiger partial charge in [0.05, 0.1) is 17.6 Å². The molecule has 6 atom stereocenters. The molecule has 8 heteroatoms. The van der Waals surface area contributed by atoms with Crippen LogP contribution in [0.5, 0.6) is 0 Å². The van der Waals surface area contributed by atoms with Crippen molar-refractivity contribution in [2.75, 3.05) is 17.3 Å². The first-order valence-electron chi connectivity index (χ1n) is 11.0. The summed E-state index contributed by atoms with van der Waals surface area (Å²) in [6.07, 6.45) is 6.27. The summed E-state index contributed by atoms with van der Waals surface area (Å²) in [6.45, 7) is 6.39. The Hall–Kier alpha value is -1.12. The van der Waals surface area contributed by atoms with Crippen molar-refractivity contribution in [3.8, 4) is 0 Å². The first kappa shape index (κ1) is 22.1. The van der Waals surface area contributed by atoms with Crippen LogP contribution in [0.3, 0.4) is 0 Å². The number of thiazole rings is 1. The van der Waals surface area contributed by atoms with Crippen molar-refractivity contribution in [1.82, 2.24) is 10.3 Å². The number of fused-ring (bicyclic) bond motifs is 2. The molecule has 0 spiro atoms. The number of nitrogens with zero attached hydrogens (tertiary/aromatic N) is 1. The molecule has 4 rings (SSSR count). The highest BCUT2D eigenvalue weighted by Gasteiger charge is 2.54. The Morgan fingerprint density at radius 1 is 1.37 bits per heavy atom. The first-order valence-corrected chi connectivity index (χ1v) is 13.2. The van der Waals surface area contributed by atoms with Crippen molar-refractivity contribution in [3.05, 3.63) is 10.6 Å². The highest BCUT2D eigenvalue weighted by molar-refractivity contribution is 7.99. The van der Waals surface area contributed by atoms with Crippen LogP contribution in [0.25, 0.3) is 0 Å². The monoisotopic (exact) mass is 451 g/mol. The van der Waals surface area contributed by atoms with E-state index in [1.54, 1.807) is 11.3 Å². The molecule has 0 unspecified atom stereocenters. The number of carbonyl (C=O) groups excluding carboxylic acids is 2. The number of hydrogen-bond donors (Lipinski definition) is 3. The van der Waals surface area contributed by atoms with E-state index in [0.717, 1.165) is 37.8 Å². The fourth-order valence-electron chi connectivity index (χ4n) is 5.64. The van der Waals surface area contributed by atoms with E-state index >= 15 is 0 Å². The van der Waals surface area contributed by atoms with Crippen molar-refractivity contribution in [3.63, 3.8) is 0 Å². The minimum atomic E-state index is -0.525. The highest BCUT2D eigenvalue weighted by atomic mass is 32.2. The molecule has 3 aliphatic carbocycles. The van der Waals surface area contributed by atoms with E-state index in [-0.39, 0.29) is 40.9 Å². The van der Waals surface area contributed by atoms with Crippen LogP contribution in [-0.2, 0) is 16.0 Å². The van der Waals surface area contributed by atoms with Crippen LogP contribution in [0, 0.1) is 23.2 Å². The van der Waals surface area contributed by atoms with Crippen LogP contribution in [0.2, 0.25) is 0 Å². The Kier molecular flexibility index (Phi) is 6.21. The van der Waals surface area contributed by atoms with E-state index in [4.69, 9.17) is 4.98 Å². The van der Waals surface area contributed by atoms with Gasteiger partial charge >= 0.3 is 0 Å². The van der Waals surface area contributed by atoms with Gasteiger partial charge in [0, 0.05) is 22.8 Å². The Morgan fingerprint density at radius 2 is 2.10 bits per heavy atom. The van der Waals surface area contributed by atoms with E-state index in [9.17, 15) is 14.7 Å². The predicted molar refractivity (Wildman–Crippen MR) is 122 cm³/mol. The zero-order valence-electron chi connectivity index (χ0n) is 18.2. The molecule has 0 bridgehead atoms. The lowest BCUT2D eigenvalue weighted by Crippen LogP contribution is -2.53. The SMILES string of the molecule is CSCC(=O)Nc1nc2c(s1)C[C@@]1(C)CC[C@H]([C@H](C)C(=O)NC3CC3)[C@H](O)[C@H]1[C@@H]2C. The molecule has 6 nitrogen and oxygen atoms in total. The summed E-state index contributed by atoms with van der Waals surface area (Å²) in [5, 5.41) is 18.1. The molecule has 0 aliphatic heterocycles. The van der Waals surface area contributed by atoms with Crippen LogP contribution in [0.1, 0.15) is 62.9 Å². The summed E-state index contributed by atoms with van der Waals surface area (Å²) >= 11 is 3.07. The van der Waals surface area contributed by atoms with Gasteiger partial charge in [-0.1, -0.05) is 20.8 Å². The summed E-state index contributed by atoms with van der Waals surface area (Å²) in [5.74, 6) is 0.430. The van der Waals surface area contributed by atoms with Gasteiger partial charge in [-0.25, -0.2) is 4.98 Å². The second-order valence-electron chi connectivity index (χ2n) is 9.72. The number of rotatable bonds is 6. The van der Waals surface area contributed by atoms with Crippen LogP contribution >= 0.6 is 23.1 Å². The van der Waals surface area contributed by atoms with Crippen LogP contribution < -0.4 is 10.6 Å². The van der Waals surface area contributed by atoms with E-state index in [0.29, 0.717) is 16.9 Å². The lowest BCUT2D eigenvalue weighted by Gasteiger charge is -2.53. The molecular weight excluding hydrogens is 418 g/mol. The van der Waals surface area contributed by atoms with E-state index in [1.165, 1.54) is 16.6 Å². The molecule has 2 saturated carbocycles. The van der Waals surface area contributed by atoms with Crippen LogP contribution in [0.15, 0.2) is 0 Å². The highest BCUT2D eigenvalue weighted by Crippen LogP contribution is 2.57. The molecule has 0 aromatic carbocycles. The third kappa shape index (κ3) is 4.15. The number of hydrogen-bond acceptors (Lipinski definition) is 6. The number of aromatic nitrogens is 1. The smallest absolute Gasteiger partial charge is 0.236 e. The predicted octanol–water partition coefficient (Wildman–Crippen LogP) is 3.41. The number of aliphatic hydroxyl groups is 1. The van der Waals surface area contributed by atoms with Crippen LogP contribution in [0.4, 0.5) is 5.13 Å². The molecule has 2 fully saturated rings. The molecule has 30 heavy (non-hydrogen) atoms. The van der Waals surface area contributed by atoms with Gasteiger partial charge in [-0.3, -0.25) is 9.59 Å². The molecule has 0 radical (unpaired) electrons. The molecule has 1 heterocycles. The topological polar surface area (TPSA) is 91.3 Å². The zero-order valence-corrected chi connectivity index (χ0v) is 19.9. The maximum atomic E-state index is 12.6. The van der Waals surface area contributed by atoms with Crippen molar-refractivity contribution in [2.45, 2.75) is 70.9 Å². The van der Waals surface area contributed by atoms with E-state index < -0.39 is 6.10 Å². The van der Waals surface area contributed by atoms with Gasteiger partial charge in [-0.15, -0.1) is 11.3 Å². The first-order chi connectivity index (χ1) is 14.2. The Labute approximate surface area is 187 Å². The standard InChI is InChI=1S/C22H33N3O3S2/c1-11(20(28)23-13-5-6-13)14-7-8-22(3)9-15-18(12(2)17(22)19(14)27)25-21(30-15)24-16(26)10-29-4/h11-14,17,19,27H,5-10H2,1-4H3,(H,23,28)(H,24,25,26)/t11-,12-,14+,17+,19-,22+/m0/s1. The minimum absolute atomic E-state index is 0.0118. The third-order valence-electron chi connectivity index (χ3n) is 7.42. The van der Waals surface area contributed by atoms with Crippen molar-refractivity contribution >= 4 is 40.0 Å². The number of amides is 2. The lowest BCUT2D eigenvalue weighted by molar-refractivity contribution is -0.134. The van der Waals surface area contributed by atoms with E-state index in [1.807, 2.05) is 13.2 Å². The molecule has 0 saturated heterocycles. The maximum absolute atomic E-state index is 12.6. The zero-order chi connectivity index (χ0) is 21.6. The Balaban J connectivity index is 1.53. The largest absolute Gasteiger partial charge is 0.392 e. The van der Waals surface area contributed by atoms with Crippen LogP contribution in [-0.4, -0.2) is 46.1 Å². The second kappa shape index (κ2) is 8.43. The van der Waals surface area contributed by atoms with Gasteiger partial charge in [-0.05, 0) is 55.6 Å². The van der Waals surface area contributed by atoms with E-state index in [2.05, 4.69) is 24.5 Å². The molecule has 3 N–H and O–H groups in total. The van der Waals surface area contributed by atoms with Crippen molar-refractivity contribution < 1.29 is 14.7 Å². The lowest BCUT2D eigenvalue weighted by atomic mass is 9.53. The second-order valence-corrected chi connectivity index (χ2v) is 11.7. The minimum Gasteiger partial charge on any atom is -0.392 e. The number of anilines is 1. The number of nitrogens with one attached hydrogen (secondary N) is 2. The maximum Gasteiger partial charge on any atom is 0.236 e. The molecule has 2 amide bonds. The molecule has 1 aromatic heterocycles. The van der Waals surface area contributed by atoms with Gasteiger partial charge in [0.15, 0.2) is 5.13 Å². The summed E-state index contributed by atoms with van der Waals surface area (Å²) < 4.78 is 0. The average Bonchev–Trinajstić information content (AvgIpc) is 3.39. The van der Waals surface area contributed by atoms with Crippen molar-refractivity contribution in [2.24, 2.45) is 23.2 Å². The van der Waals surface area contributed by atoms with Gasteiger partial charge in [0.25, 0.3) is 0 Å². The van der Waals surface area contributed by atoms with Gasteiger partial charge in [0.1, 0.15) is 0 Å². The molecular formula is C22H33N3O3S2. The molecule has 1 aromatic rings. The molecule has 166 valence electrons. The quantitative estimate of drug-likeness (QED) is 0.617. The van der Waals surface area contributed by atoms with Gasteiger partial charge in [-0.2, -0.15) is 11.8 Å². The average molecular weight is 452 g/mol. The number of aliphatic hydroxyl groups excluding tert-OH is 1. The Morgan fingerprint density at radius 3 is 2.77 bits per heavy atom. The van der Waals surface area contributed by atoms with Gasteiger partial charge < -0.3 is 15.7 Å².